The third-order valence-electron chi connectivity index (χ3n) is 5.38. The predicted octanol–water partition coefficient (Wildman–Crippen LogP) is 3.98. The van der Waals surface area contributed by atoms with Gasteiger partial charge in [-0.1, -0.05) is 36.4 Å². The summed E-state index contributed by atoms with van der Waals surface area (Å²) in [6, 6.07) is 17.8. The van der Waals surface area contributed by atoms with Gasteiger partial charge in [-0.2, -0.15) is 0 Å². The number of benzene rings is 3. The van der Waals surface area contributed by atoms with Crippen LogP contribution in [0, 0.1) is 0 Å². The van der Waals surface area contributed by atoms with Crippen LogP contribution in [0.5, 0.6) is 17.2 Å². The molecule has 0 radical (unpaired) electrons. The predicted molar refractivity (Wildman–Crippen MR) is 109 cm³/mol. The number of hydrogen-bond acceptors (Lipinski definition) is 5. The monoisotopic (exact) mass is 379 g/mol. The molecule has 28 heavy (non-hydrogen) atoms. The summed E-state index contributed by atoms with van der Waals surface area (Å²) in [4.78, 5) is 2.35. The molecule has 1 saturated heterocycles. The molecule has 1 heterocycles. The van der Waals surface area contributed by atoms with Gasteiger partial charge in [0.05, 0.1) is 33.5 Å². The van der Waals surface area contributed by atoms with Crippen molar-refractivity contribution in [3.8, 4) is 17.2 Å². The number of phenols is 1. The van der Waals surface area contributed by atoms with Crippen LogP contribution in [0.3, 0.4) is 0 Å². The van der Waals surface area contributed by atoms with Gasteiger partial charge in [0.25, 0.3) is 0 Å². The van der Waals surface area contributed by atoms with Crippen molar-refractivity contribution in [1.82, 2.24) is 4.90 Å². The summed E-state index contributed by atoms with van der Waals surface area (Å²) in [6.07, 6.45) is 0. The summed E-state index contributed by atoms with van der Waals surface area (Å²) in [5, 5.41) is 12.9. The van der Waals surface area contributed by atoms with Crippen molar-refractivity contribution in [1.29, 1.82) is 0 Å². The van der Waals surface area contributed by atoms with Gasteiger partial charge in [0.2, 0.25) is 0 Å². The minimum Gasteiger partial charge on any atom is -0.507 e. The normalized spacial score (nSPS) is 16.1. The lowest BCUT2D eigenvalue weighted by atomic mass is 9.93. The third kappa shape index (κ3) is 3.39. The molecule has 4 rings (SSSR count). The molecule has 0 unspecified atom stereocenters. The molecule has 0 bridgehead atoms. The van der Waals surface area contributed by atoms with Crippen molar-refractivity contribution >= 4 is 10.8 Å². The summed E-state index contributed by atoms with van der Waals surface area (Å²) >= 11 is 0. The highest BCUT2D eigenvalue weighted by Gasteiger charge is 2.27. The molecule has 0 aliphatic carbocycles. The Labute approximate surface area is 165 Å². The summed E-state index contributed by atoms with van der Waals surface area (Å²) < 4.78 is 16.3. The van der Waals surface area contributed by atoms with E-state index in [1.807, 2.05) is 42.5 Å². The van der Waals surface area contributed by atoms with Crippen molar-refractivity contribution in [2.75, 3.05) is 40.5 Å². The Hall–Kier alpha value is -2.76. The van der Waals surface area contributed by atoms with Crippen LogP contribution >= 0.6 is 0 Å². The van der Waals surface area contributed by atoms with E-state index in [2.05, 4.69) is 17.0 Å². The molecular weight excluding hydrogens is 354 g/mol. The highest BCUT2D eigenvalue weighted by atomic mass is 16.5. The van der Waals surface area contributed by atoms with Crippen LogP contribution in [-0.2, 0) is 4.74 Å². The zero-order chi connectivity index (χ0) is 19.5. The van der Waals surface area contributed by atoms with Crippen LogP contribution < -0.4 is 9.47 Å². The van der Waals surface area contributed by atoms with Gasteiger partial charge in [-0.05, 0) is 23.8 Å². The molecule has 0 saturated carbocycles. The number of methoxy groups -OCH3 is 2. The number of morpholine rings is 1. The van der Waals surface area contributed by atoms with Gasteiger partial charge in [0, 0.05) is 29.4 Å². The molecule has 0 aromatic heterocycles. The first kappa shape index (κ1) is 18.6. The number of nitrogens with zero attached hydrogens (tertiary/aromatic N) is 1. The number of aromatic hydroxyl groups is 1. The van der Waals surface area contributed by atoms with Gasteiger partial charge in [-0.15, -0.1) is 0 Å². The van der Waals surface area contributed by atoms with Crippen molar-refractivity contribution in [2.45, 2.75) is 6.04 Å². The molecular formula is C23H25NO4. The van der Waals surface area contributed by atoms with Gasteiger partial charge in [0.1, 0.15) is 17.2 Å². The minimum atomic E-state index is -0.0644. The number of rotatable bonds is 5. The maximum absolute atomic E-state index is 11.2. The van der Waals surface area contributed by atoms with Crippen LogP contribution in [0.25, 0.3) is 10.8 Å². The SMILES string of the molecule is COc1ccc([C@H](c2ccc3c(OC)cccc3c2O)N2CCOCC2)cc1. The number of hydrogen-bond donors (Lipinski definition) is 1. The average molecular weight is 379 g/mol. The maximum atomic E-state index is 11.2. The highest BCUT2D eigenvalue weighted by molar-refractivity contribution is 5.94. The van der Waals surface area contributed by atoms with Crippen molar-refractivity contribution < 1.29 is 19.3 Å². The second-order valence-electron chi connectivity index (χ2n) is 6.88. The fourth-order valence-corrected chi connectivity index (χ4v) is 3.94. The van der Waals surface area contributed by atoms with E-state index in [1.54, 1.807) is 14.2 Å². The first-order valence-corrected chi connectivity index (χ1v) is 9.47. The Kier molecular flexibility index (Phi) is 5.37. The fourth-order valence-electron chi connectivity index (χ4n) is 3.94. The maximum Gasteiger partial charge on any atom is 0.128 e. The van der Waals surface area contributed by atoms with Crippen LogP contribution in [0.15, 0.2) is 54.6 Å². The second kappa shape index (κ2) is 8.09. The zero-order valence-corrected chi connectivity index (χ0v) is 16.2. The Morgan fingerprint density at radius 3 is 2.32 bits per heavy atom. The Morgan fingerprint density at radius 2 is 1.64 bits per heavy atom. The molecule has 0 spiro atoms. The third-order valence-corrected chi connectivity index (χ3v) is 5.38. The standard InChI is InChI=1S/C23H25NO4/c1-26-17-8-6-16(7-9-17)22(24-12-14-28-15-13-24)20-11-10-18-19(23(20)25)4-3-5-21(18)27-2/h3-11,22,25H,12-15H2,1-2H3/t22-/m1/s1. The van der Waals surface area contributed by atoms with E-state index >= 15 is 0 Å². The van der Waals surface area contributed by atoms with Crippen LogP contribution in [0.4, 0.5) is 0 Å². The fraction of sp³-hybridized carbons (Fsp3) is 0.304. The lowest BCUT2D eigenvalue weighted by molar-refractivity contribution is 0.0236. The van der Waals surface area contributed by atoms with Crippen molar-refractivity contribution in [3.05, 3.63) is 65.7 Å². The number of fused-ring (bicyclic) bond motifs is 1. The zero-order valence-electron chi connectivity index (χ0n) is 16.2. The Balaban J connectivity index is 1.84. The average Bonchev–Trinajstić information content (AvgIpc) is 2.76. The molecule has 146 valence electrons. The van der Waals surface area contributed by atoms with Gasteiger partial charge >= 0.3 is 0 Å². The quantitative estimate of drug-likeness (QED) is 0.727. The van der Waals surface area contributed by atoms with E-state index in [4.69, 9.17) is 14.2 Å². The van der Waals surface area contributed by atoms with Crippen LogP contribution in [0.1, 0.15) is 17.2 Å². The largest absolute Gasteiger partial charge is 0.507 e. The van der Waals surface area contributed by atoms with E-state index in [0.717, 1.165) is 46.5 Å². The molecule has 5 nitrogen and oxygen atoms in total. The van der Waals surface area contributed by atoms with E-state index in [9.17, 15) is 5.11 Å². The first-order valence-electron chi connectivity index (χ1n) is 9.47. The second-order valence-corrected chi connectivity index (χ2v) is 6.88. The van der Waals surface area contributed by atoms with Crippen molar-refractivity contribution in [2.24, 2.45) is 0 Å². The molecule has 5 heteroatoms. The van der Waals surface area contributed by atoms with E-state index < -0.39 is 0 Å². The summed E-state index contributed by atoms with van der Waals surface area (Å²) in [6.45, 7) is 3.00. The van der Waals surface area contributed by atoms with E-state index in [-0.39, 0.29) is 6.04 Å². The molecule has 3 aromatic rings. The Bertz CT molecular complexity index is 949. The Morgan fingerprint density at radius 1 is 0.893 bits per heavy atom. The van der Waals surface area contributed by atoms with Crippen LogP contribution in [-0.4, -0.2) is 50.5 Å². The van der Waals surface area contributed by atoms with E-state index in [1.165, 1.54) is 0 Å². The lowest BCUT2D eigenvalue weighted by Crippen LogP contribution is -2.39. The molecule has 1 aliphatic rings. The number of phenolic OH excluding ortho intramolecular Hbond substituents is 1. The van der Waals surface area contributed by atoms with E-state index in [0.29, 0.717) is 19.0 Å². The molecule has 1 atom stereocenters. The lowest BCUT2D eigenvalue weighted by Gasteiger charge is -2.35. The molecule has 1 aliphatic heterocycles. The molecule has 3 aromatic carbocycles. The molecule has 0 amide bonds. The summed E-state index contributed by atoms with van der Waals surface area (Å²) in [5.41, 5.74) is 1.99. The van der Waals surface area contributed by atoms with Gasteiger partial charge in [-0.25, -0.2) is 0 Å². The van der Waals surface area contributed by atoms with Gasteiger partial charge < -0.3 is 19.3 Å². The molecule has 1 fully saturated rings. The summed E-state index contributed by atoms with van der Waals surface area (Å²) in [7, 11) is 3.31. The van der Waals surface area contributed by atoms with Crippen LogP contribution in [0.2, 0.25) is 0 Å². The van der Waals surface area contributed by atoms with Gasteiger partial charge in [0.15, 0.2) is 0 Å². The topological polar surface area (TPSA) is 51.2 Å². The minimum absolute atomic E-state index is 0.0644. The van der Waals surface area contributed by atoms with Crippen molar-refractivity contribution in [3.63, 3.8) is 0 Å². The number of ether oxygens (including phenoxy) is 3. The highest BCUT2D eigenvalue weighted by Crippen LogP contribution is 2.41. The molecule has 1 N–H and O–H groups in total. The first-order chi connectivity index (χ1) is 13.7. The van der Waals surface area contributed by atoms with Gasteiger partial charge in [-0.3, -0.25) is 4.90 Å². The summed E-state index contributed by atoms with van der Waals surface area (Å²) in [5.74, 6) is 1.87. The smallest absolute Gasteiger partial charge is 0.128 e.